The van der Waals surface area contributed by atoms with E-state index < -0.39 is 0 Å². The SMILES string of the molecule is N#Cc1cccc(-c2ccc(-c3nc(-c4ccc(C56C[C@H]7C[C@@H](C5)C[C@@H](C6)C7)cc4)nc(-c4ccc(C56C[C@H]7C[C@H](C5)C[C@@H](C6)C7)cc4)n3)cc2)c1. The van der Waals surface area contributed by atoms with Gasteiger partial charge in [0.1, 0.15) is 0 Å². The Morgan fingerprint density at radius 2 is 0.769 bits per heavy atom. The van der Waals surface area contributed by atoms with Gasteiger partial charge in [-0.25, -0.2) is 15.0 Å². The third kappa shape index (κ3) is 5.18. The molecule has 5 aromatic rings. The van der Waals surface area contributed by atoms with Crippen LogP contribution in [0, 0.1) is 46.8 Å². The van der Waals surface area contributed by atoms with Crippen LogP contribution in [0.5, 0.6) is 0 Å². The van der Waals surface area contributed by atoms with Gasteiger partial charge in [-0.1, -0.05) is 84.9 Å². The number of hydrogen-bond acceptors (Lipinski definition) is 4. The van der Waals surface area contributed by atoms with E-state index >= 15 is 0 Å². The molecule has 4 nitrogen and oxygen atoms in total. The molecule has 0 spiro atoms. The third-order valence-corrected chi connectivity index (χ3v) is 14.7. The number of hydrogen-bond donors (Lipinski definition) is 0. The molecule has 258 valence electrons. The third-order valence-electron chi connectivity index (χ3n) is 14.7. The first kappa shape index (κ1) is 31.0. The van der Waals surface area contributed by atoms with Crippen molar-refractivity contribution < 1.29 is 0 Å². The van der Waals surface area contributed by atoms with Crippen LogP contribution in [0.15, 0.2) is 97.1 Å². The molecule has 4 aromatic carbocycles. The first-order chi connectivity index (χ1) is 25.5. The van der Waals surface area contributed by atoms with Gasteiger partial charge in [0.15, 0.2) is 17.5 Å². The molecule has 8 aliphatic carbocycles. The summed E-state index contributed by atoms with van der Waals surface area (Å²) in [5, 5.41) is 9.43. The molecule has 0 radical (unpaired) electrons. The summed E-state index contributed by atoms with van der Waals surface area (Å²) in [6.07, 6.45) is 17.0. The van der Waals surface area contributed by atoms with Crippen molar-refractivity contribution >= 4 is 0 Å². The van der Waals surface area contributed by atoms with Crippen LogP contribution in [0.25, 0.3) is 45.3 Å². The van der Waals surface area contributed by atoms with Gasteiger partial charge in [0.25, 0.3) is 0 Å². The summed E-state index contributed by atoms with van der Waals surface area (Å²) in [5.41, 5.74) is 9.61. The van der Waals surface area contributed by atoms with E-state index in [4.69, 9.17) is 15.0 Å². The van der Waals surface area contributed by atoms with E-state index in [1.54, 1.807) is 0 Å². The second-order valence-corrected chi connectivity index (χ2v) is 18.1. The van der Waals surface area contributed by atoms with Gasteiger partial charge in [-0.3, -0.25) is 0 Å². The molecule has 1 aromatic heterocycles. The smallest absolute Gasteiger partial charge is 0.164 e. The Hall–Kier alpha value is -4.62. The fourth-order valence-electron chi connectivity index (χ4n) is 13.2. The Morgan fingerprint density at radius 3 is 1.13 bits per heavy atom. The van der Waals surface area contributed by atoms with Gasteiger partial charge in [0, 0.05) is 16.7 Å². The molecule has 52 heavy (non-hydrogen) atoms. The fraction of sp³-hybridized carbons (Fsp3) is 0.417. The largest absolute Gasteiger partial charge is 0.208 e. The number of nitriles is 1. The van der Waals surface area contributed by atoms with E-state index in [0.717, 1.165) is 75.0 Å². The molecular weight excluding hydrogens is 633 g/mol. The van der Waals surface area contributed by atoms with Crippen molar-refractivity contribution in [2.75, 3.05) is 0 Å². The Morgan fingerprint density at radius 1 is 0.423 bits per heavy atom. The highest BCUT2D eigenvalue weighted by atomic mass is 15.0. The zero-order valence-corrected chi connectivity index (χ0v) is 30.0. The molecule has 8 fully saturated rings. The van der Waals surface area contributed by atoms with Crippen molar-refractivity contribution in [2.45, 2.75) is 87.9 Å². The van der Waals surface area contributed by atoms with E-state index in [2.05, 4.69) is 84.9 Å². The predicted octanol–water partition coefficient (Wildman–Crippen LogP) is 11.3. The van der Waals surface area contributed by atoms with Crippen LogP contribution in [0.4, 0.5) is 0 Å². The molecule has 4 heteroatoms. The predicted molar refractivity (Wildman–Crippen MR) is 206 cm³/mol. The van der Waals surface area contributed by atoms with Gasteiger partial charge in [0.05, 0.1) is 11.6 Å². The summed E-state index contributed by atoms with van der Waals surface area (Å²) in [7, 11) is 0. The Bertz CT molecular complexity index is 2030. The van der Waals surface area contributed by atoms with E-state index in [1.165, 1.54) is 88.2 Å². The van der Waals surface area contributed by atoms with Crippen LogP contribution in [0.3, 0.4) is 0 Å². The molecule has 0 unspecified atom stereocenters. The molecular formula is C48H46N4. The molecule has 0 saturated heterocycles. The fourth-order valence-corrected chi connectivity index (χ4v) is 13.2. The van der Waals surface area contributed by atoms with Crippen LogP contribution in [-0.4, -0.2) is 15.0 Å². The van der Waals surface area contributed by atoms with Gasteiger partial charge in [0.2, 0.25) is 0 Å². The quantitative estimate of drug-likeness (QED) is 0.179. The van der Waals surface area contributed by atoms with Crippen LogP contribution in [-0.2, 0) is 10.8 Å². The van der Waals surface area contributed by atoms with Gasteiger partial charge >= 0.3 is 0 Å². The summed E-state index contributed by atoms with van der Waals surface area (Å²) < 4.78 is 0. The number of benzene rings is 4. The molecule has 8 aliphatic rings. The van der Waals surface area contributed by atoms with Crippen LogP contribution in [0.1, 0.15) is 93.7 Å². The maximum absolute atomic E-state index is 9.43. The van der Waals surface area contributed by atoms with E-state index in [1.807, 2.05) is 18.2 Å². The lowest BCUT2D eigenvalue weighted by molar-refractivity contribution is -0.00530. The van der Waals surface area contributed by atoms with Gasteiger partial charge < -0.3 is 0 Å². The number of aromatic nitrogens is 3. The van der Waals surface area contributed by atoms with Crippen molar-refractivity contribution in [3.05, 3.63) is 114 Å². The van der Waals surface area contributed by atoms with E-state index in [9.17, 15) is 5.26 Å². The van der Waals surface area contributed by atoms with E-state index in [0.29, 0.717) is 22.2 Å². The minimum Gasteiger partial charge on any atom is -0.208 e. The Balaban J connectivity index is 0.952. The molecule has 0 amide bonds. The highest BCUT2D eigenvalue weighted by Crippen LogP contribution is 2.62. The average molecular weight is 679 g/mol. The maximum atomic E-state index is 9.43. The minimum atomic E-state index is 0.371. The van der Waals surface area contributed by atoms with Crippen molar-refractivity contribution in [1.82, 2.24) is 15.0 Å². The number of nitrogens with zero attached hydrogens (tertiary/aromatic N) is 4. The second kappa shape index (κ2) is 11.7. The summed E-state index contributed by atoms with van der Waals surface area (Å²) in [5.74, 6) is 7.71. The van der Waals surface area contributed by atoms with Crippen molar-refractivity contribution in [3.63, 3.8) is 0 Å². The molecule has 0 aliphatic heterocycles. The lowest BCUT2D eigenvalue weighted by Gasteiger charge is -2.57. The first-order valence-corrected chi connectivity index (χ1v) is 20.1. The molecule has 8 saturated carbocycles. The molecule has 0 atom stereocenters. The summed E-state index contributed by atoms with van der Waals surface area (Å²) in [6.45, 7) is 0. The van der Waals surface area contributed by atoms with Crippen molar-refractivity contribution in [2.24, 2.45) is 35.5 Å². The van der Waals surface area contributed by atoms with Gasteiger partial charge in [-0.2, -0.15) is 5.26 Å². The monoisotopic (exact) mass is 678 g/mol. The summed E-state index contributed by atoms with van der Waals surface area (Å²) in [6, 6.07) is 37.2. The maximum Gasteiger partial charge on any atom is 0.164 e. The standard InChI is InChI=1S/C48H46N4/c49-29-30-2-1-3-41(22-30)37-4-6-38(7-5-37)44-50-45(39-8-12-42(13-9-39)47-23-31-16-32(24-47)18-33(17-31)25-47)52-46(51-44)40-10-14-43(15-11-40)48-26-34-19-35(27-48)21-36(20-34)28-48/h1-15,22,31-36H,16-21,23-28H2/t31-,32-,33-,34-,35+,36-,47?,48?. The zero-order valence-electron chi connectivity index (χ0n) is 30.0. The lowest BCUT2D eigenvalue weighted by atomic mass is 9.48. The van der Waals surface area contributed by atoms with Gasteiger partial charge in [-0.15, -0.1) is 0 Å². The zero-order chi connectivity index (χ0) is 34.4. The average Bonchev–Trinajstić information content (AvgIpc) is 3.17. The lowest BCUT2D eigenvalue weighted by Crippen LogP contribution is -2.48. The summed E-state index contributed by atoms with van der Waals surface area (Å²) >= 11 is 0. The van der Waals surface area contributed by atoms with Crippen LogP contribution in [0.2, 0.25) is 0 Å². The minimum absolute atomic E-state index is 0.371. The summed E-state index contributed by atoms with van der Waals surface area (Å²) in [4.78, 5) is 15.4. The van der Waals surface area contributed by atoms with Crippen LogP contribution < -0.4 is 0 Å². The molecule has 0 N–H and O–H groups in total. The van der Waals surface area contributed by atoms with E-state index in [-0.39, 0.29) is 0 Å². The van der Waals surface area contributed by atoms with Gasteiger partial charge in [-0.05, 0) is 158 Å². The van der Waals surface area contributed by atoms with Crippen molar-refractivity contribution in [3.8, 4) is 51.4 Å². The topological polar surface area (TPSA) is 62.5 Å². The highest BCUT2D eigenvalue weighted by Gasteiger charge is 2.52. The Kier molecular flexibility index (Phi) is 6.96. The Labute approximate surface area is 307 Å². The molecule has 8 bridgehead atoms. The normalized spacial score (nSPS) is 32.2. The van der Waals surface area contributed by atoms with Crippen molar-refractivity contribution in [1.29, 1.82) is 5.26 Å². The van der Waals surface area contributed by atoms with Crippen LogP contribution >= 0.6 is 0 Å². The first-order valence-electron chi connectivity index (χ1n) is 20.1. The second-order valence-electron chi connectivity index (χ2n) is 18.1. The number of rotatable bonds is 6. The highest BCUT2D eigenvalue weighted by molar-refractivity contribution is 5.71. The molecule has 13 rings (SSSR count). The molecule has 1 heterocycles.